The Morgan fingerprint density at radius 1 is 0.452 bits per heavy atom. The molecule has 42 heavy (non-hydrogen) atoms. The lowest BCUT2D eigenvalue weighted by Crippen LogP contribution is -1.91. The van der Waals surface area contributed by atoms with Crippen molar-refractivity contribution in [3.8, 4) is 33.6 Å². The molecule has 2 heteroatoms. The Morgan fingerprint density at radius 2 is 1.07 bits per heavy atom. The SMILES string of the molecule is [2H]c1c([2H])c([2H])c(-c2c3c([2H])c([2H])c([2H])c([2H])c3c(-c3cc4oc5ccccc5c4c4oc(-c5ccccc5)cc34)c3c([2H])c([2H])c([2H])c([2H])c23)c([2H])c1[2H]. The molecule has 0 N–H and O–H groups in total. The third kappa shape index (κ3) is 3.33. The molecule has 0 radical (unpaired) electrons. The second-order valence-corrected chi connectivity index (χ2v) is 9.86. The lowest BCUT2D eigenvalue weighted by molar-refractivity contribution is 0.633. The van der Waals surface area contributed by atoms with Crippen molar-refractivity contribution in [1.29, 1.82) is 0 Å². The predicted molar refractivity (Wildman–Crippen MR) is 175 cm³/mol. The molecule has 2 aromatic heterocycles. The van der Waals surface area contributed by atoms with Gasteiger partial charge in [0.05, 0.1) is 23.2 Å². The first-order chi connectivity index (χ1) is 26.2. The van der Waals surface area contributed by atoms with Crippen LogP contribution >= 0.6 is 0 Å². The molecule has 0 unspecified atom stereocenters. The molecule has 9 rings (SSSR count). The summed E-state index contributed by atoms with van der Waals surface area (Å²) in [5.41, 5.74) is 1.37. The summed E-state index contributed by atoms with van der Waals surface area (Å²) in [6, 6.07) is 11.3. The Hall–Kier alpha value is -5.60. The van der Waals surface area contributed by atoms with Crippen LogP contribution in [0.4, 0.5) is 0 Å². The summed E-state index contributed by atoms with van der Waals surface area (Å²) >= 11 is 0. The zero-order valence-electron chi connectivity index (χ0n) is 34.7. The Morgan fingerprint density at radius 3 is 1.79 bits per heavy atom. The zero-order valence-corrected chi connectivity index (χ0v) is 21.7. The molecule has 0 aliphatic carbocycles. The van der Waals surface area contributed by atoms with E-state index in [0.29, 0.717) is 33.3 Å². The standard InChI is InChI=1S/C40H24O2/c1-3-13-25(14-4-1)35-24-33-32(23-36-39(40(33)42-35)31-21-11-12-22-34(31)41-36)38-29-19-9-7-17-27(29)37(26-15-5-2-6-16-26)28-18-8-10-20-30(28)38/h1-24H/i2D,5D,6D,7D,8D,9D,10D,15D,16D,17D,18D,19D,20D. The lowest BCUT2D eigenvalue weighted by Gasteiger charge is -2.18. The molecule has 0 saturated heterocycles. The predicted octanol–water partition coefficient (Wildman–Crippen LogP) is 11.6. The van der Waals surface area contributed by atoms with Crippen molar-refractivity contribution >= 4 is 54.5 Å². The minimum absolute atomic E-state index is 0.00659. The molecule has 0 bridgehead atoms. The van der Waals surface area contributed by atoms with E-state index in [1.807, 2.05) is 48.5 Å². The highest BCUT2D eigenvalue weighted by molar-refractivity contribution is 6.27. The Kier molecular flexibility index (Phi) is 2.95. The van der Waals surface area contributed by atoms with Crippen molar-refractivity contribution in [1.82, 2.24) is 0 Å². The van der Waals surface area contributed by atoms with Crippen LogP contribution < -0.4 is 0 Å². The van der Waals surface area contributed by atoms with Crippen LogP contribution in [0.25, 0.3) is 88.0 Å². The van der Waals surface area contributed by atoms with Crippen LogP contribution in [0, 0.1) is 0 Å². The second kappa shape index (κ2) is 8.95. The third-order valence-corrected chi connectivity index (χ3v) is 7.60. The van der Waals surface area contributed by atoms with Gasteiger partial charge in [0.2, 0.25) is 0 Å². The maximum absolute atomic E-state index is 9.37. The molecule has 0 atom stereocenters. The summed E-state index contributed by atoms with van der Waals surface area (Å²) in [7, 11) is 0. The highest BCUT2D eigenvalue weighted by Crippen LogP contribution is 2.48. The fourth-order valence-corrected chi connectivity index (χ4v) is 5.86. The van der Waals surface area contributed by atoms with Gasteiger partial charge in [-0.25, -0.2) is 0 Å². The van der Waals surface area contributed by atoms with Gasteiger partial charge < -0.3 is 8.83 Å². The van der Waals surface area contributed by atoms with Crippen molar-refractivity contribution in [3.05, 3.63) is 145 Å². The topological polar surface area (TPSA) is 26.3 Å². The molecule has 196 valence electrons. The first kappa shape index (κ1) is 13.8. The van der Waals surface area contributed by atoms with E-state index in [4.69, 9.17) is 21.2 Å². The van der Waals surface area contributed by atoms with Gasteiger partial charge >= 0.3 is 0 Å². The van der Waals surface area contributed by atoms with Crippen LogP contribution in [0.15, 0.2) is 154 Å². The van der Waals surface area contributed by atoms with E-state index in [1.54, 1.807) is 18.2 Å². The van der Waals surface area contributed by atoms with Crippen LogP contribution in [-0.4, -0.2) is 0 Å². The van der Waals surface area contributed by atoms with Gasteiger partial charge in [0.25, 0.3) is 0 Å². The van der Waals surface area contributed by atoms with Gasteiger partial charge in [-0.3, -0.25) is 0 Å². The van der Waals surface area contributed by atoms with Crippen molar-refractivity contribution in [2.24, 2.45) is 0 Å². The van der Waals surface area contributed by atoms with E-state index >= 15 is 0 Å². The van der Waals surface area contributed by atoms with E-state index in [-0.39, 0.29) is 38.2 Å². The molecule has 0 saturated carbocycles. The second-order valence-electron chi connectivity index (χ2n) is 9.86. The van der Waals surface area contributed by atoms with Gasteiger partial charge in [-0.05, 0) is 62.0 Å². The molecule has 2 heterocycles. The minimum Gasteiger partial charge on any atom is -0.456 e. The van der Waals surface area contributed by atoms with Crippen molar-refractivity contribution < 1.29 is 26.7 Å². The molecule has 0 spiro atoms. The molecule has 0 fully saturated rings. The first-order valence-corrected chi connectivity index (χ1v) is 13.2. The first-order valence-electron chi connectivity index (χ1n) is 19.7. The Bertz CT molecular complexity index is 3070. The van der Waals surface area contributed by atoms with Gasteiger partial charge in [-0.2, -0.15) is 0 Å². The summed E-state index contributed by atoms with van der Waals surface area (Å²) in [6.45, 7) is 0. The Labute approximate surface area is 260 Å². The van der Waals surface area contributed by atoms with E-state index < -0.39 is 84.1 Å². The highest BCUT2D eigenvalue weighted by Gasteiger charge is 2.23. The van der Waals surface area contributed by atoms with Crippen molar-refractivity contribution in [2.45, 2.75) is 0 Å². The summed E-state index contributed by atoms with van der Waals surface area (Å²) in [4.78, 5) is 0. The highest BCUT2D eigenvalue weighted by atomic mass is 16.3. The van der Waals surface area contributed by atoms with Crippen LogP contribution in [0.3, 0.4) is 0 Å². The average Bonchev–Trinajstić information content (AvgIpc) is 3.80. The van der Waals surface area contributed by atoms with Gasteiger partial charge in [0.15, 0.2) is 0 Å². The largest absolute Gasteiger partial charge is 0.456 e. The summed E-state index contributed by atoms with van der Waals surface area (Å²) in [6.07, 6.45) is 0. The molecule has 0 amide bonds. The van der Waals surface area contributed by atoms with Gasteiger partial charge in [-0.1, -0.05) is 127 Å². The zero-order chi connectivity index (χ0) is 38.9. The van der Waals surface area contributed by atoms with E-state index in [9.17, 15) is 5.48 Å². The minimum atomic E-state index is -0.730. The number of benzene rings is 7. The molecule has 0 aliphatic heterocycles. The van der Waals surface area contributed by atoms with Crippen molar-refractivity contribution in [2.75, 3.05) is 0 Å². The number of fused-ring (bicyclic) bond motifs is 7. The molecule has 9 aromatic rings. The molecule has 7 aromatic carbocycles. The van der Waals surface area contributed by atoms with Crippen LogP contribution in [-0.2, 0) is 0 Å². The number of rotatable bonds is 3. The number of hydrogen-bond donors (Lipinski definition) is 0. The van der Waals surface area contributed by atoms with Crippen LogP contribution in [0.2, 0.25) is 0 Å². The monoisotopic (exact) mass is 549 g/mol. The maximum Gasteiger partial charge on any atom is 0.147 e. The molecular formula is C40H24O2. The summed E-state index contributed by atoms with van der Waals surface area (Å²) in [5.74, 6) is 0.447. The smallest absolute Gasteiger partial charge is 0.147 e. The van der Waals surface area contributed by atoms with E-state index in [1.165, 1.54) is 0 Å². The van der Waals surface area contributed by atoms with Crippen LogP contribution in [0.5, 0.6) is 0 Å². The Balaban J connectivity index is 1.62. The molecular weight excluding hydrogens is 512 g/mol. The summed E-state index contributed by atoms with van der Waals surface area (Å²) < 4.78 is 128. The van der Waals surface area contributed by atoms with Crippen LogP contribution in [0.1, 0.15) is 17.8 Å². The number of para-hydroxylation sites is 1. The fourth-order valence-electron chi connectivity index (χ4n) is 5.86. The fraction of sp³-hybridized carbons (Fsp3) is 0. The summed E-state index contributed by atoms with van der Waals surface area (Å²) in [5, 5.41) is 0.830. The van der Waals surface area contributed by atoms with E-state index in [0.717, 1.165) is 10.9 Å². The number of furan rings is 2. The quantitative estimate of drug-likeness (QED) is 0.205. The molecule has 2 nitrogen and oxygen atoms in total. The van der Waals surface area contributed by atoms with Gasteiger partial charge in [0.1, 0.15) is 22.5 Å². The average molecular weight is 550 g/mol. The molecule has 0 aliphatic rings. The normalized spacial score (nSPS) is 16.1. The van der Waals surface area contributed by atoms with Crippen molar-refractivity contribution in [3.63, 3.8) is 0 Å². The lowest BCUT2D eigenvalue weighted by atomic mass is 9.85. The third-order valence-electron chi connectivity index (χ3n) is 7.60. The van der Waals surface area contributed by atoms with Gasteiger partial charge in [-0.15, -0.1) is 0 Å². The maximum atomic E-state index is 9.37. The number of hydrogen-bond acceptors (Lipinski definition) is 2. The van der Waals surface area contributed by atoms with E-state index in [2.05, 4.69) is 0 Å². The van der Waals surface area contributed by atoms with Gasteiger partial charge in [0, 0.05) is 16.3 Å².